The normalized spacial score (nSPS) is 11.6. The van der Waals surface area contributed by atoms with Crippen molar-refractivity contribution >= 4 is 38.2 Å². The lowest BCUT2D eigenvalue weighted by Gasteiger charge is -2.08. The SMILES string of the molecule is O=C(NCc1cc2nc(-c3ccnc(Cl)n3)ccc2cn1)c1cccc(S(=O)(=O)C(F)F)c1. The minimum Gasteiger partial charge on any atom is -0.346 e. The highest BCUT2D eigenvalue weighted by atomic mass is 35.5. The largest absolute Gasteiger partial charge is 0.346 e. The van der Waals surface area contributed by atoms with E-state index in [0.717, 1.165) is 17.5 Å². The van der Waals surface area contributed by atoms with Gasteiger partial charge in [-0.15, -0.1) is 0 Å². The van der Waals surface area contributed by atoms with Crippen LogP contribution in [0.3, 0.4) is 0 Å². The van der Waals surface area contributed by atoms with Gasteiger partial charge in [-0.1, -0.05) is 6.07 Å². The molecule has 0 aliphatic heterocycles. The number of halogens is 3. The Kier molecular flexibility index (Phi) is 6.25. The summed E-state index contributed by atoms with van der Waals surface area (Å²) in [7, 11) is -4.81. The van der Waals surface area contributed by atoms with E-state index in [1.165, 1.54) is 18.3 Å². The number of amides is 1. The van der Waals surface area contributed by atoms with Crippen molar-refractivity contribution in [3.05, 3.63) is 77.5 Å². The highest BCUT2D eigenvalue weighted by Crippen LogP contribution is 2.21. The summed E-state index contributed by atoms with van der Waals surface area (Å²) in [5, 5.41) is 3.45. The lowest BCUT2D eigenvalue weighted by Crippen LogP contribution is -2.23. The number of carbonyl (C=O) groups is 1. The quantitative estimate of drug-likeness (QED) is 0.411. The molecule has 0 radical (unpaired) electrons. The Morgan fingerprint density at radius 3 is 2.58 bits per heavy atom. The van der Waals surface area contributed by atoms with Crippen LogP contribution in [0.25, 0.3) is 22.3 Å². The summed E-state index contributed by atoms with van der Waals surface area (Å²) in [6.07, 6.45) is 3.11. The van der Waals surface area contributed by atoms with Crippen molar-refractivity contribution in [3.63, 3.8) is 0 Å². The molecule has 0 bridgehead atoms. The number of alkyl halides is 2. The average Bonchev–Trinajstić information content (AvgIpc) is 2.82. The maximum absolute atomic E-state index is 12.8. The van der Waals surface area contributed by atoms with Crippen LogP contribution in [0.5, 0.6) is 0 Å². The van der Waals surface area contributed by atoms with Gasteiger partial charge in [0.25, 0.3) is 5.91 Å². The minimum atomic E-state index is -4.81. The van der Waals surface area contributed by atoms with Crippen LogP contribution in [-0.4, -0.2) is 40.0 Å². The van der Waals surface area contributed by atoms with Crippen LogP contribution in [0.2, 0.25) is 5.28 Å². The van der Waals surface area contributed by atoms with Crippen molar-refractivity contribution in [2.24, 2.45) is 0 Å². The molecule has 1 N–H and O–H groups in total. The molecule has 0 aliphatic carbocycles. The predicted molar refractivity (Wildman–Crippen MR) is 116 cm³/mol. The van der Waals surface area contributed by atoms with Crippen molar-refractivity contribution < 1.29 is 22.0 Å². The van der Waals surface area contributed by atoms with Crippen molar-refractivity contribution in [1.29, 1.82) is 0 Å². The molecular formula is C21H14ClF2N5O3S. The van der Waals surface area contributed by atoms with Gasteiger partial charge < -0.3 is 5.32 Å². The van der Waals surface area contributed by atoms with Crippen LogP contribution in [0, 0.1) is 0 Å². The lowest BCUT2D eigenvalue weighted by atomic mass is 10.2. The maximum atomic E-state index is 12.8. The molecule has 1 aromatic carbocycles. The summed E-state index contributed by atoms with van der Waals surface area (Å²) in [4.78, 5) is 28.6. The van der Waals surface area contributed by atoms with Gasteiger partial charge in [0, 0.05) is 23.3 Å². The van der Waals surface area contributed by atoms with Gasteiger partial charge in [-0.25, -0.2) is 23.4 Å². The van der Waals surface area contributed by atoms with Crippen LogP contribution in [-0.2, 0) is 16.4 Å². The molecule has 33 heavy (non-hydrogen) atoms. The molecule has 1 amide bonds. The van der Waals surface area contributed by atoms with Gasteiger partial charge in [-0.3, -0.25) is 9.78 Å². The van der Waals surface area contributed by atoms with Gasteiger partial charge >= 0.3 is 5.76 Å². The third-order valence-corrected chi connectivity index (χ3v) is 6.17. The summed E-state index contributed by atoms with van der Waals surface area (Å²) < 4.78 is 48.8. The number of pyridine rings is 2. The molecule has 3 aromatic heterocycles. The highest BCUT2D eigenvalue weighted by Gasteiger charge is 2.27. The van der Waals surface area contributed by atoms with Crippen LogP contribution < -0.4 is 5.32 Å². The molecule has 0 saturated heterocycles. The first-order valence-corrected chi connectivity index (χ1v) is 11.3. The monoisotopic (exact) mass is 489 g/mol. The summed E-state index contributed by atoms with van der Waals surface area (Å²) >= 11 is 5.84. The zero-order chi connectivity index (χ0) is 23.6. The molecule has 0 spiro atoms. The molecule has 0 atom stereocenters. The fourth-order valence-electron chi connectivity index (χ4n) is 2.96. The summed E-state index contributed by atoms with van der Waals surface area (Å²) in [5.74, 6) is -4.21. The third kappa shape index (κ3) is 4.94. The van der Waals surface area contributed by atoms with Gasteiger partial charge in [0.1, 0.15) is 0 Å². The van der Waals surface area contributed by atoms with E-state index in [-0.39, 0.29) is 17.4 Å². The summed E-state index contributed by atoms with van der Waals surface area (Å²) in [6.45, 7) is 0.00579. The fraction of sp³-hybridized carbons (Fsp3) is 0.0952. The average molecular weight is 490 g/mol. The Labute approximate surface area is 191 Å². The van der Waals surface area contributed by atoms with Gasteiger partial charge in [0.05, 0.1) is 34.0 Å². The van der Waals surface area contributed by atoms with Crippen molar-refractivity contribution in [3.8, 4) is 11.4 Å². The first-order valence-electron chi connectivity index (χ1n) is 9.39. The number of sulfone groups is 1. The second-order valence-electron chi connectivity index (χ2n) is 6.79. The van der Waals surface area contributed by atoms with E-state index < -0.39 is 26.4 Å². The number of carbonyl (C=O) groups excluding carboxylic acids is 1. The summed E-state index contributed by atoms with van der Waals surface area (Å²) in [5.41, 5.74) is 2.13. The molecule has 168 valence electrons. The molecule has 0 unspecified atom stereocenters. The molecule has 12 heteroatoms. The molecule has 3 heterocycles. The Balaban J connectivity index is 1.53. The Hall–Kier alpha value is -3.57. The lowest BCUT2D eigenvalue weighted by molar-refractivity contribution is 0.0950. The van der Waals surface area contributed by atoms with Crippen LogP contribution in [0.4, 0.5) is 8.78 Å². The van der Waals surface area contributed by atoms with Gasteiger partial charge in [-0.2, -0.15) is 8.78 Å². The smallest absolute Gasteiger partial charge is 0.341 e. The summed E-state index contributed by atoms with van der Waals surface area (Å²) in [6, 6.07) is 11.4. The zero-order valence-electron chi connectivity index (χ0n) is 16.6. The molecule has 0 fully saturated rings. The number of hydrogen-bond acceptors (Lipinski definition) is 7. The van der Waals surface area contributed by atoms with Crippen LogP contribution in [0.1, 0.15) is 16.1 Å². The number of aromatic nitrogens is 4. The number of rotatable bonds is 6. The molecule has 0 saturated carbocycles. The highest BCUT2D eigenvalue weighted by molar-refractivity contribution is 7.91. The van der Waals surface area contributed by atoms with E-state index in [4.69, 9.17) is 11.6 Å². The van der Waals surface area contributed by atoms with E-state index in [9.17, 15) is 22.0 Å². The Morgan fingerprint density at radius 1 is 1.03 bits per heavy atom. The molecule has 8 nitrogen and oxygen atoms in total. The van der Waals surface area contributed by atoms with Gasteiger partial charge in [0.2, 0.25) is 15.1 Å². The minimum absolute atomic E-state index is 0.00579. The van der Waals surface area contributed by atoms with Crippen LogP contribution in [0.15, 0.2) is 65.8 Å². The second kappa shape index (κ2) is 9.12. The number of fused-ring (bicyclic) bond motifs is 1. The van der Waals surface area contributed by atoms with E-state index in [1.807, 2.05) is 6.07 Å². The third-order valence-electron chi connectivity index (χ3n) is 4.61. The molecule has 4 aromatic rings. The second-order valence-corrected chi connectivity index (χ2v) is 9.05. The van der Waals surface area contributed by atoms with Gasteiger partial charge in [-0.05, 0) is 54.1 Å². The number of nitrogens with one attached hydrogen (secondary N) is 1. The first-order chi connectivity index (χ1) is 15.7. The first kappa shape index (κ1) is 22.6. The van der Waals surface area contributed by atoms with Crippen LogP contribution >= 0.6 is 11.6 Å². The zero-order valence-corrected chi connectivity index (χ0v) is 18.2. The number of hydrogen-bond donors (Lipinski definition) is 1. The van der Waals surface area contributed by atoms with E-state index >= 15 is 0 Å². The predicted octanol–water partition coefficient (Wildman–Crippen LogP) is 3.67. The topological polar surface area (TPSA) is 115 Å². The molecular weight excluding hydrogens is 476 g/mol. The number of nitrogens with zero attached hydrogens (tertiary/aromatic N) is 4. The van der Waals surface area contributed by atoms with Crippen molar-refractivity contribution in [2.75, 3.05) is 0 Å². The fourth-order valence-corrected chi connectivity index (χ4v) is 3.88. The van der Waals surface area contributed by atoms with Crippen molar-refractivity contribution in [1.82, 2.24) is 25.3 Å². The van der Waals surface area contributed by atoms with E-state index in [1.54, 1.807) is 24.4 Å². The maximum Gasteiger partial charge on any atom is 0.341 e. The molecule has 4 rings (SSSR count). The standard InChI is InChI=1S/C21H14ClF2N5O3S/c22-20-25-7-6-17(29-20)16-5-4-13-10-26-14(9-18(13)28-16)11-27-19(30)12-2-1-3-15(8-12)33(31,32)21(23)24/h1-10,21H,11H2,(H,27,30). The van der Waals surface area contributed by atoms with Crippen molar-refractivity contribution in [2.45, 2.75) is 17.2 Å². The van der Waals surface area contributed by atoms with Gasteiger partial charge in [0.15, 0.2) is 0 Å². The Bertz CT molecular complexity index is 1470. The van der Waals surface area contributed by atoms with E-state index in [0.29, 0.717) is 22.6 Å². The van der Waals surface area contributed by atoms with E-state index in [2.05, 4.69) is 25.3 Å². The molecule has 0 aliphatic rings. The Morgan fingerprint density at radius 2 is 1.82 bits per heavy atom. The number of benzene rings is 1.